The van der Waals surface area contributed by atoms with E-state index in [1.165, 1.54) is 18.2 Å². The van der Waals surface area contributed by atoms with E-state index < -0.39 is 10.0 Å². The van der Waals surface area contributed by atoms with Crippen LogP contribution in [-0.2, 0) is 16.6 Å². The molecule has 0 aliphatic heterocycles. The lowest BCUT2D eigenvalue weighted by molar-refractivity contribution is 0.0958. The molecule has 0 bridgehead atoms. The average Bonchev–Trinajstić information content (AvgIpc) is 3.12. The summed E-state index contributed by atoms with van der Waals surface area (Å²) in [6.45, 7) is 6.42. The van der Waals surface area contributed by atoms with Crippen LogP contribution in [0.1, 0.15) is 21.7 Å². The van der Waals surface area contributed by atoms with Crippen molar-refractivity contribution >= 4 is 21.6 Å². The van der Waals surface area contributed by atoms with Gasteiger partial charge in [0.2, 0.25) is 0 Å². The minimum atomic E-state index is -3.82. The molecular formula is C21H22N4O3S. The lowest BCUT2D eigenvalue weighted by Gasteiger charge is -2.11. The molecule has 1 heterocycles. The molecular weight excluding hydrogens is 388 g/mol. The van der Waals surface area contributed by atoms with Crippen LogP contribution in [0, 0.1) is 6.92 Å². The smallest absolute Gasteiger partial charge is 0.261 e. The van der Waals surface area contributed by atoms with Crippen molar-refractivity contribution in [2.75, 3.05) is 11.3 Å². The molecule has 3 aromatic rings. The molecule has 0 unspecified atom stereocenters. The molecule has 0 atom stereocenters. The maximum Gasteiger partial charge on any atom is 0.261 e. The summed E-state index contributed by atoms with van der Waals surface area (Å²) >= 11 is 0. The Balaban J connectivity index is 1.73. The van der Waals surface area contributed by atoms with Crippen LogP contribution in [0.4, 0.5) is 5.69 Å². The molecule has 2 N–H and O–H groups in total. The molecule has 3 rings (SSSR count). The van der Waals surface area contributed by atoms with Crippen LogP contribution >= 0.6 is 0 Å². The minimum absolute atomic E-state index is 0.0156. The van der Waals surface area contributed by atoms with E-state index >= 15 is 0 Å². The van der Waals surface area contributed by atoms with E-state index in [9.17, 15) is 13.2 Å². The third-order valence-corrected chi connectivity index (χ3v) is 5.68. The lowest BCUT2D eigenvalue weighted by Crippen LogP contribution is -2.23. The largest absolute Gasteiger partial charge is 0.349 e. The monoisotopic (exact) mass is 410 g/mol. The number of imidazole rings is 1. The third kappa shape index (κ3) is 5.11. The summed E-state index contributed by atoms with van der Waals surface area (Å²) in [5.41, 5.74) is 1.73. The molecule has 0 saturated carbocycles. The first-order valence-electron chi connectivity index (χ1n) is 8.98. The van der Waals surface area contributed by atoms with Gasteiger partial charge in [-0.3, -0.25) is 9.52 Å². The number of nitrogens with one attached hydrogen (secondary N) is 2. The van der Waals surface area contributed by atoms with E-state index in [1.807, 2.05) is 29.8 Å². The first kappa shape index (κ1) is 20.3. The SMILES string of the molecule is C=CCNC(=O)c1cccc(S(=O)(=O)Nc2ccc(Cn3ccnc3C)cc2)c1. The second-order valence-corrected chi connectivity index (χ2v) is 8.11. The minimum Gasteiger partial charge on any atom is -0.349 e. The second kappa shape index (κ2) is 8.74. The molecule has 0 aliphatic carbocycles. The Labute approximate surface area is 170 Å². The summed E-state index contributed by atoms with van der Waals surface area (Å²) in [4.78, 5) is 16.3. The molecule has 0 saturated heterocycles. The number of nitrogens with zero attached hydrogens (tertiary/aromatic N) is 2. The molecule has 0 aliphatic rings. The Morgan fingerprint density at radius 2 is 1.97 bits per heavy atom. The summed E-state index contributed by atoms with van der Waals surface area (Å²) in [5.74, 6) is 0.549. The number of carbonyl (C=O) groups excluding carboxylic acids is 1. The summed E-state index contributed by atoms with van der Waals surface area (Å²) in [6, 6.07) is 13.0. The van der Waals surface area contributed by atoms with Crippen LogP contribution in [0.25, 0.3) is 0 Å². The Morgan fingerprint density at radius 1 is 1.21 bits per heavy atom. The van der Waals surface area contributed by atoms with E-state index in [1.54, 1.807) is 30.5 Å². The van der Waals surface area contributed by atoms with E-state index in [0.717, 1.165) is 11.4 Å². The number of sulfonamides is 1. The van der Waals surface area contributed by atoms with Gasteiger partial charge in [0.15, 0.2) is 0 Å². The first-order chi connectivity index (χ1) is 13.9. The fourth-order valence-corrected chi connectivity index (χ4v) is 3.84. The molecule has 150 valence electrons. The molecule has 0 radical (unpaired) electrons. The Morgan fingerprint density at radius 3 is 2.62 bits per heavy atom. The molecule has 7 nitrogen and oxygen atoms in total. The number of carbonyl (C=O) groups is 1. The standard InChI is InChI=1S/C21H22N4O3S/c1-3-11-23-21(26)18-5-4-6-20(14-18)29(27,28)24-19-9-7-17(8-10-19)15-25-13-12-22-16(25)2/h3-10,12-14,24H,1,11,15H2,2H3,(H,23,26). The van der Waals surface area contributed by atoms with Gasteiger partial charge in [0.25, 0.3) is 15.9 Å². The predicted octanol–water partition coefficient (Wildman–Crippen LogP) is 2.96. The van der Waals surface area contributed by atoms with E-state index in [4.69, 9.17) is 0 Å². The van der Waals surface area contributed by atoms with Crippen molar-refractivity contribution in [2.45, 2.75) is 18.4 Å². The highest BCUT2D eigenvalue weighted by molar-refractivity contribution is 7.92. The van der Waals surface area contributed by atoms with Crippen molar-refractivity contribution in [1.29, 1.82) is 0 Å². The zero-order valence-electron chi connectivity index (χ0n) is 16.0. The molecule has 0 spiro atoms. The number of anilines is 1. The van der Waals surface area contributed by atoms with Crippen molar-refractivity contribution in [3.63, 3.8) is 0 Å². The summed E-state index contributed by atoms with van der Waals surface area (Å²) in [7, 11) is -3.82. The molecule has 0 fully saturated rings. The highest BCUT2D eigenvalue weighted by atomic mass is 32.2. The maximum atomic E-state index is 12.7. The Kier molecular flexibility index (Phi) is 6.13. The zero-order valence-corrected chi connectivity index (χ0v) is 16.8. The first-order valence-corrected chi connectivity index (χ1v) is 10.5. The highest BCUT2D eigenvalue weighted by Crippen LogP contribution is 2.18. The van der Waals surface area contributed by atoms with Crippen molar-refractivity contribution in [3.8, 4) is 0 Å². The van der Waals surface area contributed by atoms with Crippen LogP contribution in [-0.4, -0.2) is 30.4 Å². The van der Waals surface area contributed by atoms with Gasteiger partial charge < -0.3 is 9.88 Å². The van der Waals surface area contributed by atoms with Crippen LogP contribution in [0.2, 0.25) is 0 Å². The molecule has 2 aromatic carbocycles. The molecule has 1 amide bonds. The van der Waals surface area contributed by atoms with Crippen molar-refractivity contribution in [1.82, 2.24) is 14.9 Å². The van der Waals surface area contributed by atoms with Crippen LogP contribution in [0.15, 0.2) is 78.5 Å². The number of rotatable bonds is 8. The van der Waals surface area contributed by atoms with Crippen molar-refractivity contribution < 1.29 is 13.2 Å². The number of aryl methyl sites for hydroxylation is 1. The summed E-state index contributed by atoms with van der Waals surface area (Å²) < 4.78 is 30.0. The fourth-order valence-electron chi connectivity index (χ4n) is 2.73. The molecule has 8 heteroatoms. The number of benzene rings is 2. The van der Waals surface area contributed by atoms with Crippen LogP contribution in [0.5, 0.6) is 0 Å². The van der Waals surface area contributed by atoms with Crippen molar-refractivity contribution in [3.05, 3.63) is 90.5 Å². The van der Waals surface area contributed by atoms with Gasteiger partial charge in [0.1, 0.15) is 5.82 Å². The van der Waals surface area contributed by atoms with Gasteiger partial charge in [0, 0.05) is 36.7 Å². The van der Waals surface area contributed by atoms with Gasteiger partial charge in [-0.1, -0.05) is 24.3 Å². The topological polar surface area (TPSA) is 93.1 Å². The van der Waals surface area contributed by atoms with Gasteiger partial charge in [-0.15, -0.1) is 6.58 Å². The number of hydrogen-bond donors (Lipinski definition) is 2. The predicted molar refractivity (Wildman–Crippen MR) is 112 cm³/mol. The van der Waals surface area contributed by atoms with Gasteiger partial charge in [-0.05, 0) is 42.8 Å². The van der Waals surface area contributed by atoms with Gasteiger partial charge in [0.05, 0.1) is 4.90 Å². The number of hydrogen-bond acceptors (Lipinski definition) is 4. The lowest BCUT2D eigenvalue weighted by atomic mass is 10.2. The number of amides is 1. The molecule has 1 aromatic heterocycles. The van der Waals surface area contributed by atoms with Gasteiger partial charge in [-0.2, -0.15) is 0 Å². The normalized spacial score (nSPS) is 11.1. The van der Waals surface area contributed by atoms with E-state index in [-0.39, 0.29) is 16.4 Å². The van der Waals surface area contributed by atoms with Gasteiger partial charge in [-0.25, -0.2) is 13.4 Å². The van der Waals surface area contributed by atoms with Gasteiger partial charge >= 0.3 is 0 Å². The Bertz CT molecular complexity index is 1120. The second-order valence-electron chi connectivity index (χ2n) is 6.43. The van der Waals surface area contributed by atoms with Crippen molar-refractivity contribution in [2.24, 2.45) is 0 Å². The zero-order chi connectivity index (χ0) is 20.9. The fraction of sp³-hybridized carbons (Fsp3) is 0.143. The Hall–Kier alpha value is -3.39. The van der Waals surface area contributed by atoms with E-state index in [2.05, 4.69) is 21.6 Å². The third-order valence-electron chi connectivity index (χ3n) is 4.30. The average molecular weight is 410 g/mol. The quantitative estimate of drug-likeness (QED) is 0.559. The summed E-state index contributed by atoms with van der Waals surface area (Å²) in [6.07, 6.45) is 5.19. The van der Waals surface area contributed by atoms with Crippen LogP contribution < -0.4 is 10.0 Å². The van der Waals surface area contributed by atoms with Crippen LogP contribution in [0.3, 0.4) is 0 Å². The van der Waals surface area contributed by atoms with E-state index in [0.29, 0.717) is 18.8 Å². The maximum absolute atomic E-state index is 12.7. The molecule has 29 heavy (non-hydrogen) atoms. The highest BCUT2D eigenvalue weighted by Gasteiger charge is 2.16. The number of aromatic nitrogens is 2. The summed E-state index contributed by atoms with van der Waals surface area (Å²) in [5, 5.41) is 2.63.